The fraction of sp³-hybridized carbons (Fsp3) is 0.429. The minimum Gasteiger partial charge on any atom is -0.405 e. The van der Waals surface area contributed by atoms with E-state index in [4.69, 9.17) is 11.5 Å². The fourth-order valence-corrected chi connectivity index (χ4v) is 2.72. The smallest absolute Gasteiger partial charge is 0.0707 e. The van der Waals surface area contributed by atoms with E-state index in [9.17, 15) is 0 Å². The highest BCUT2D eigenvalue weighted by Gasteiger charge is 2.40. The van der Waals surface area contributed by atoms with Gasteiger partial charge in [-0.3, -0.25) is 0 Å². The van der Waals surface area contributed by atoms with Gasteiger partial charge in [0, 0.05) is 6.54 Å². The number of anilines is 2. The topological polar surface area (TPSA) is 76.1 Å². The van der Waals surface area contributed by atoms with Crippen molar-refractivity contribution in [2.75, 3.05) is 17.2 Å². The molecule has 2 aliphatic rings. The molecule has 2 atom stereocenters. The van der Waals surface area contributed by atoms with Crippen LogP contribution >= 0.6 is 0 Å². The van der Waals surface area contributed by atoms with E-state index in [1.807, 2.05) is 6.07 Å². The van der Waals surface area contributed by atoms with E-state index in [1.54, 1.807) is 6.20 Å². The number of nitrogens with one attached hydrogen (secondary N) is 2. The van der Waals surface area contributed by atoms with E-state index in [-0.39, 0.29) is 6.04 Å². The Morgan fingerprint density at radius 1 is 1.22 bits per heavy atom. The summed E-state index contributed by atoms with van der Waals surface area (Å²) in [7, 11) is 0. The first-order valence-corrected chi connectivity index (χ1v) is 6.56. The number of para-hydroxylation sites is 2. The average Bonchev–Trinajstić information content (AvgIpc) is 3.24. The first-order valence-electron chi connectivity index (χ1n) is 6.56. The van der Waals surface area contributed by atoms with Crippen LogP contribution in [-0.2, 0) is 0 Å². The van der Waals surface area contributed by atoms with Crippen molar-refractivity contribution in [1.29, 1.82) is 0 Å². The van der Waals surface area contributed by atoms with Gasteiger partial charge < -0.3 is 22.1 Å². The van der Waals surface area contributed by atoms with Crippen molar-refractivity contribution in [2.45, 2.75) is 24.9 Å². The third kappa shape index (κ3) is 1.93. The molecule has 0 amide bonds. The molecule has 1 heterocycles. The maximum absolute atomic E-state index is 5.80. The van der Waals surface area contributed by atoms with Crippen LogP contribution in [0.2, 0.25) is 0 Å². The van der Waals surface area contributed by atoms with Crippen LogP contribution in [0.5, 0.6) is 0 Å². The Kier molecular flexibility index (Phi) is 2.88. The highest BCUT2D eigenvalue weighted by molar-refractivity contribution is 5.73. The number of hydrogen-bond donors (Lipinski definition) is 4. The van der Waals surface area contributed by atoms with Crippen LogP contribution in [0.3, 0.4) is 0 Å². The maximum atomic E-state index is 5.80. The molecule has 1 aliphatic carbocycles. The number of rotatable bonds is 3. The minimum atomic E-state index is 0.211. The summed E-state index contributed by atoms with van der Waals surface area (Å²) in [5, 5.41) is 7.22. The molecular formula is C14H20N4. The lowest BCUT2D eigenvalue weighted by molar-refractivity contribution is 0.564. The van der Waals surface area contributed by atoms with Crippen molar-refractivity contribution >= 4 is 11.4 Å². The molecule has 0 saturated heterocycles. The molecule has 0 bridgehead atoms. The Labute approximate surface area is 107 Å². The molecule has 1 aliphatic heterocycles. The van der Waals surface area contributed by atoms with E-state index in [1.165, 1.54) is 18.5 Å². The molecule has 4 nitrogen and oxygen atoms in total. The van der Waals surface area contributed by atoms with E-state index < -0.39 is 0 Å². The zero-order valence-corrected chi connectivity index (χ0v) is 10.4. The van der Waals surface area contributed by atoms with Gasteiger partial charge in [0.15, 0.2) is 0 Å². The quantitative estimate of drug-likeness (QED) is 0.649. The third-order valence-electron chi connectivity index (χ3n) is 3.90. The van der Waals surface area contributed by atoms with E-state index in [0.29, 0.717) is 12.6 Å². The van der Waals surface area contributed by atoms with E-state index in [0.717, 1.165) is 17.2 Å². The van der Waals surface area contributed by atoms with Crippen molar-refractivity contribution in [3.05, 3.63) is 36.0 Å². The van der Waals surface area contributed by atoms with Crippen LogP contribution < -0.4 is 22.1 Å². The minimum absolute atomic E-state index is 0.211. The Balaban J connectivity index is 1.92. The molecule has 0 radical (unpaired) electrons. The largest absolute Gasteiger partial charge is 0.405 e. The van der Waals surface area contributed by atoms with Crippen molar-refractivity contribution in [3.63, 3.8) is 0 Å². The highest BCUT2D eigenvalue weighted by atomic mass is 15.1. The second kappa shape index (κ2) is 4.53. The third-order valence-corrected chi connectivity index (χ3v) is 3.90. The first-order chi connectivity index (χ1) is 8.83. The van der Waals surface area contributed by atoms with Crippen LogP contribution in [0.25, 0.3) is 0 Å². The van der Waals surface area contributed by atoms with Crippen LogP contribution in [0.15, 0.2) is 36.0 Å². The van der Waals surface area contributed by atoms with Gasteiger partial charge in [-0.2, -0.15) is 0 Å². The summed E-state index contributed by atoms with van der Waals surface area (Å²) in [5.74, 6) is 0.734. The molecule has 1 aromatic carbocycles. The molecule has 96 valence electrons. The second-order valence-corrected chi connectivity index (χ2v) is 5.12. The summed E-state index contributed by atoms with van der Waals surface area (Å²) >= 11 is 0. The molecule has 4 heteroatoms. The lowest BCUT2D eigenvalue weighted by Gasteiger charge is -2.37. The van der Waals surface area contributed by atoms with Crippen LogP contribution in [0, 0.1) is 5.92 Å². The fourth-order valence-electron chi connectivity index (χ4n) is 2.72. The summed E-state index contributed by atoms with van der Waals surface area (Å²) in [4.78, 5) is 0. The molecule has 2 unspecified atom stereocenters. The van der Waals surface area contributed by atoms with Crippen LogP contribution in [-0.4, -0.2) is 18.6 Å². The van der Waals surface area contributed by atoms with Crippen molar-refractivity contribution in [2.24, 2.45) is 17.4 Å². The second-order valence-electron chi connectivity index (χ2n) is 5.12. The number of fused-ring (bicyclic) bond motifs is 1. The summed E-state index contributed by atoms with van der Waals surface area (Å²) in [5.41, 5.74) is 14.9. The number of nitrogens with two attached hydrogens (primary N) is 2. The predicted octanol–water partition coefficient (Wildman–Crippen LogP) is 1.47. The van der Waals surface area contributed by atoms with Crippen LogP contribution in [0.1, 0.15) is 12.8 Å². The zero-order valence-electron chi connectivity index (χ0n) is 10.4. The Bertz CT molecular complexity index is 465. The molecular weight excluding hydrogens is 224 g/mol. The molecule has 0 spiro atoms. The SMILES string of the molecule is N/C=C(\CN)C1Nc2ccccc2NC1C1CC1. The molecule has 18 heavy (non-hydrogen) atoms. The number of hydrogen-bond acceptors (Lipinski definition) is 4. The van der Waals surface area contributed by atoms with Gasteiger partial charge in [0.1, 0.15) is 0 Å². The van der Waals surface area contributed by atoms with Crippen molar-refractivity contribution in [3.8, 4) is 0 Å². The molecule has 1 saturated carbocycles. The maximum Gasteiger partial charge on any atom is 0.0707 e. The van der Waals surface area contributed by atoms with Gasteiger partial charge in [-0.25, -0.2) is 0 Å². The number of benzene rings is 1. The van der Waals surface area contributed by atoms with Gasteiger partial charge in [0.2, 0.25) is 0 Å². The lowest BCUT2D eigenvalue weighted by atomic mass is 9.93. The van der Waals surface area contributed by atoms with Crippen molar-refractivity contribution in [1.82, 2.24) is 0 Å². The standard InChI is InChI=1S/C14H20N4/c15-7-10(8-16)14-13(9-5-6-9)17-11-3-1-2-4-12(11)18-14/h1-4,7,9,13-14,17-18H,5-6,8,15-16H2/b10-7+. The summed E-state index contributed by atoms with van der Waals surface area (Å²) in [6.45, 7) is 0.501. The normalized spacial score (nSPS) is 27.1. The van der Waals surface area contributed by atoms with Gasteiger partial charge >= 0.3 is 0 Å². The Hall–Kier alpha value is -1.68. The monoisotopic (exact) mass is 244 g/mol. The molecule has 0 aromatic heterocycles. The molecule has 6 N–H and O–H groups in total. The van der Waals surface area contributed by atoms with Gasteiger partial charge in [0.05, 0.1) is 23.5 Å². The predicted molar refractivity (Wildman–Crippen MR) is 75.3 cm³/mol. The molecule has 3 rings (SSSR count). The summed E-state index contributed by atoms with van der Waals surface area (Å²) in [6.07, 6.45) is 4.24. The van der Waals surface area contributed by atoms with Gasteiger partial charge in [0.25, 0.3) is 0 Å². The summed E-state index contributed by atoms with van der Waals surface area (Å²) < 4.78 is 0. The van der Waals surface area contributed by atoms with Gasteiger partial charge in [-0.05, 0) is 42.7 Å². The van der Waals surface area contributed by atoms with Gasteiger partial charge in [-0.15, -0.1) is 0 Å². The Morgan fingerprint density at radius 2 is 1.89 bits per heavy atom. The van der Waals surface area contributed by atoms with Crippen LogP contribution in [0.4, 0.5) is 11.4 Å². The average molecular weight is 244 g/mol. The molecule has 1 fully saturated rings. The Morgan fingerprint density at radius 3 is 2.44 bits per heavy atom. The zero-order chi connectivity index (χ0) is 12.5. The molecule has 1 aromatic rings. The van der Waals surface area contributed by atoms with Crippen molar-refractivity contribution < 1.29 is 0 Å². The van der Waals surface area contributed by atoms with Gasteiger partial charge in [-0.1, -0.05) is 12.1 Å². The first kappa shape index (κ1) is 11.4. The summed E-state index contributed by atoms with van der Waals surface area (Å²) in [6, 6.07) is 8.91. The highest BCUT2D eigenvalue weighted by Crippen LogP contribution is 2.41. The van der Waals surface area contributed by atoms with E-state index >= 15 is 0 Å². The lowest BCUT2D eigenvalue weighted by Crippen LogP contribution is -2.47. The van der Waals surface area contributed by atoms with E-state index in [2.05, 4.69) is 28.8 Å².